The molecule has 196 valence electrons. The molecule has 0 saturated carbocycles. The van der Waals surface area contributed by atoms with Gasteiger partial charge in [0.05, 0.1) is 24.4 Å². The third-order valence-corrected chi connectivity index (χ3v) is 6.69. The van der Waals surface area contributed by atoms with Crippen LogP contribution in [-0.4, -0.2) is 52.9 Å². The van der Waals surface area contributed by atoms with Crippen molar-refractivity contribution in [3.63, 3.8) is 0 Å². The molecule has 1 aromatic heterocycles. The smallest absolute Gasteiger partial charge is 0.276 e. The molecule has 2 aromatic carbocycles. The Morgan fingerprint density at radius 3 is 2.38 bits per heavy atom. The van der Waals surface area contributed by atoms with E-state index in [0.29, 0.717) is 31.0 Å². The van der Waals surface area contributed by atoms with Crippen molar-refractivity contribution in [2.75, 3.05) is 17.5 Å². The van der Waals surface area contributed by atoms with Gasteiger partial charge in [0.1, 0.15) is 0 Å². The number of hydrogen-bond acceptors (Lipinski definition) is 6. The Kier molecular flexibility index (Phi) is 7.35. The van der Waals surface area contributed by atoms with E-state index in [0.717, 1.165) is 29.4 Å². The van der Waals surface area contributed by atoms with Crippen molar-refractivity contribution in [2.24, 2.45) is 0 Å². The first kappa shape index (κ1) is 26.3. The second-order valence-corrected chi connectivity index (χ2v) is 12.1. The van der Waals surface area contributed by atoms with Crippen LogP contribution in [0.1, 0.15) is 53.5 Å². The largest absolute Gasteiger partial charge is 0.352 e. The molecule has 0 unspecified atom stereocenters. The van der Waals surface area contributed by atoms with Crippen molar-refractivity contribution in [1.82, 2.24) is 25.2 Å². The Balaban J connectivity index is 1.34. The summed E-state index contributed by atoms with van der Waals surface area (Å²) < 4.78 is 26.7. The number of nitrogens with zero attached hydrogens (tertiary/aromatic N) is 4. The number of fused-ring (bicyclic) bond motifs is 1. The average Bonchev–Trinajstić information content (AvgIpc) is 3.33. The monoisotopic (exact) mass is 524 g/mol. The Labute approximate surface area is 217 Å². The molecule has 1 aliphatic heterocycles. The van der Waals surface area contributed by atoms with Gasteiger partial charge in [-0.15, -0.1) is 5.10 Å². The second-order valence-electron chi connectivity index (χ2n) is 10.3. The van der Waals surface area contributed by atoms with Gasteiger partial charge >= 0.3 is 0 Å². The summed E-state index contributed by atoms with van der Waals surface area (Å²) in [6, 6.07) is 12.8. The lowest BCUT2D eigenvalue weighted by Gasteiger charge is -2.28. The molecule has 0 aliphatic carbocycles. The van der Waals surface area contributed by atoms with Crippen LogP contribution in [0.15, 0.2) is 48.7 Å². The lowest BCUT2D eigenvalue weighted by molar-refractivity contribution is -0.120. The van der Waals surface area contributed by atoms with Gasteiger partial charge in [-0.2, -0.15) is 0 Å². The Hall–Kier alpha value is -3.73. The van der Waals surface area contributed by atoms with Gasteiger partial charge in [0.15, 0.2) is 5.69 Å². The minimum atomic E-state index is -3.33. The summed E-state index contributed by atoms with van der Waals surface area (Å²) in [7, 11) is -3.33. The highest BCUT2D eigenvalue weighted by molar-refractivity contribution is 7.92. The summed E-state index contributed by atoms with van der Waals surface area (Å²) in [6.07, 6.45) is 3.74. The van der Waals surface area contributed by atoms with Crippen LogP contribution >= 0.6 is 0 Å². The molecule has 10 nitrogen and oxygen atoms in total. The average molecular weight is 525 g/mol. The number of carbonyl (C=O) groups is 2. The molecule has 2 N–H and O–H groups in total. The van der Waals surface area contributed by atoms with Crippen LogP contribution in [0, 0.1) is 0 Å². The van der Waals surface area contributed by atoms with Crippen LogP contribution in [-0.2, 0) is 46.3 Å². The zero-order valence-electron chi connectivity index (χ0n) is 21.5. The van der Waals surface area contributed by atoms with Crippen LogP contribution in [0.4, 0.5) is 5.69 Å². The van der Waals surface area contributed by atoms with Gasteiger partial charge < -0.3 is 10.2 Å². The highest BCUT2D eigenvalue weighted by Gasteiger charge is 2.26. The highest BCUT2D eigenvalue weighted by atomic mass is 32.2. The highest BCUT2D eigenvalue weighted by Crippen LogP contribution is 2.22. The molecule has 0 spiro atoms. The van der Waals surface area contributed by atoms with E-state index in [-0.39, 0.29) is 23.8 Å². The minimum Gasteiger partial charge on any atom is -0.352 e. The van der Waals surface area contributed by atoms with Crippen LogP contribution in [0.25, 0.3) is 0 Å². The normalized spacial score (nSPS) is 13.7. The fraction of sp³-hybridized carbons (Fsp3) is 0.385. The standard InChI is InChI=1S/C26H32N6O4S/c1-26(2,3)32-17-23(28-30-32)25(34)31-12-11-20-8-5-19(13-21(20)16-31)14-24(33)27-15-18-6-9-22(10-7-18)29-37(4,35)36/h5-10,13,17,29H,11-12,14-16H2,1-4H3,(H,27,33). The molecule has 11 heteroatoms. The van der Waals surface area contributed by atoms with E-state index >= 15 is 0 Å². The summed E-state index contributed by atoms with van der Waals surface area (Å²) in [4.78, 5) is 27.4. The number of sulfonamides is 1. The van der Waals surface area contributed by atoms with E-state index < -0.39 is 10.0 Å². The van der Waals surface area contributed by atoms with Crippen LogP contribution in [0.5, 0.6) is 0 Å². The maximum atomic E-state index is 13.0. The zero-order valence-corrected chi connectivity index (χ0v) is 22.3. The number of benzene rings is 2. The molecule has 0 bridgehead atoms. The number of aromatic nitrogens is 3. The molecule has 37 heavy (non-hydrogen) atoms. The summed E-state index contributed by atoms with van der Waals surface area (Å²) in [6.45, 7) is 7.40. The number of anilines is 1. The van der Waals surface area contributed by atoms with Crippen molar-refractivity contribution in [3.05, 3.63) is 76.6 Å². The van der Waals surface area contributed by atoms with Gasteiger partial charge in [0.25, 0.3) is 5.91 Å². The van der Waals surface area contributed by atoms with Gasteiger partial charge in [-0.05, 0) is 61.6 Å². The van der Waals surface area contributed by atoms with Gasteiger partial charge in [-0.3, -0.25) is 14.3 Å². The molecule has 4 rings (SSSR count). The molecule has 0 saturated heterocycles. The van der Waals surface area contributed by atoms with Crippen molar-refractivity contribution >= 4 is 27.5 Å². The lowest BCUT2D eigenvalue weighted by atomic mass is 9.96. The summed E-state index contributed by atoms with van der Waals surface area (Å²) in [5, 5.41) is 11.1. The van der Waals surface area contributed by atoms with E-state index in [1.807, 2.05) is 39.0 Å². The molecule has 0 radical (unpaired) electrons. The van der Waals surface area contributed by atoms with Gasteiger partial charge in [0, 0.05) is 25.3 Å². The molecular formula is C26H32N6O4S. The molecule has 1 aliphatic rings. The fourth-order valence-corrected chi connectivity index (χ4v) is 4.66. The van der Waals surface area contributed by atoms with Crippen molar-refractivity contribution < 1.29 is 18.0 Å². The lowest BCUT2D eigenvalue weighted by Crippen LogP contribution is -2.36. The van der Waals surface area contributed by atoms with E-state index in [4.69, 9.17) is 0 Å². The molecule has 0 fully saturated rings. The summed E-state index contributed by atoms with van der Waals surface area (Å²) >= 11 is 0. The first-order chi connectivity index (χ1) is 17.4. The SMILES string of the molecule is CC(C)(C)n1cc(C(=O)N2CCc3ccc(CC(=O)NCc4ccc(NS(C)(=O)=O)cc4)cc3C2)nn1. The van der Waals surface area contributed by atoms with E-state index in [9.17, 15) is 18.0 Å². The number of rotatable bonds is 7. The van der Waals surface area contributed by atoms with E-state index in [1.54, 1.807) is 40.0 Å². The third kappa shape index (κ3) is 6.94. The minimum absolute atomic E-state index is 0.124. The first-order valence-corrected chi connectivity index (χ1v) is 13.9. The molecule has 0 atom stereocenters. The maximum absolute atomic E-state index is 13.0. The molecular weight excluding hydrogens is 492 g/mol. The van der Waals surface area contributed by atoms with E-state index in [1.165, 1.54) is 5.56 Å². The Bertz CT molecular complexity index is 1410. The molecule has 2 amide bonds. The van der Waals surface area contributed by atoms with Gasteiger partial charge in [0.2, 0.25) is 15.9 Å². The Morgan fingerprint density at radius 2 is 1.73 bits per heavy atom. The van der Waals surface area contributed by atoms with Crippen molar-refractivity contribution in [2.45, 2.75) is 52.2 Å². The van der Waals surface area contributed by atoms with Crippen molar-refractivity contribution in [1.29, 1.82) is 0 Å². The number of amides is 2. The quantitative estimate of drug-likeness (QED) is 0.489. The summed E-state index contributed by atoms with van der Waals surface area (Å²) in [5.41, 5.74) is 4.48. The fourth-order valence-electron chi connectivity index (χ4n) is 4.10. The Morgan fingerprint density at radius 1 is 1.03 bits per heavy atom. The number of carbonyl (C=O) groups excluding carboxylic acids is 2. The molecule has 2 heterocycles. The maximum Gasteiger partial charge on any atom is 0.276 e. The summed E-state index contributed by atoms with van der Waals surface area (Å²) in [5.74, 6) is -0.275. The van der Waals surface area contributed by atoms with Crippen LogP contribution < -0.4 is 10.0 Å². The van der Waals surface area contributed by atoms with Crippen LogP contribution in [0.3, 0.4) is 0 Å². The van der Waals surface area contributed by atoms with Crippen LogP contribution in [0.2, 0.25) is 0 Å². The van der Waals surface area contributed by atoms with Gasteiger partial charge in [-0.1, -0.05) is 35.5 Å². The third-order valence-electron chi connectivity index (χ3n) is 6.08. The zero-order chi connectivity index (χ0) is 26.8. The van der Waals surface area contributed by atoms with Gasteiger partial charge in [-0.25, -0.2) is 13.1 Å². The topological polar surface area (TPSA) is 126 Å². The second kappa shape index (κ2) is 10.3. The predicted molar refractivity (Wildman–Crippen MR) is 140 cm³/mol. The number of hydrogen-bond donors (Lipinski definition) is 2. The number of nitrogens with one attached hydrogen (secondary N) is 2. The molecule has 3 aromatic rings. The van der Waals surface area contributed by atoms with E-state index in [2.05, 4.69) is 20.4 Å². The van der Waals surface area contributed by atoms with Crippen molar-refractivity contribution in [3.8, 4) is 0 Å². The first-order valence-electron chi connectivity index (χ1n) is 12.0. The predicted octanol–water partition coefficient (Wildman–Crippen LogP) is 2.46.